The van der Waals surface area contributed by atoms with Crippen LogP contribution in [0.4, 0.5) is 0 Å². The summed E-state index contributed by atoms with van der Waals surface area (Å²) in [5.74, 6) is 0.882. The van der Waals surface area contributed by atoms with Crippen molar-refractivity contribution in [3.63, 3.8) is 0 Å². The number of ether oxygens (including phenoxy) is 1. The molecule has 0 unspecified atom stereocenters. The number of H-pyrrole nitrogens is 1. The van der Waals surface area contributed by atoms with Crippen LogP contribution in [0.5, 0.6) is 0 Å². The summed E-state index contributed by atoms with van der Waals surface area (Å²) in [6.45, 7) is 2.74. The summed E-state index contributed by atoms with van der Waals surface area (Å²) in [7, 11) is 0. The van der Waals surface area contributed by atoms with Crippen molar-refractivity contribution in [3.8, 4) is 0 Å². The molecule has 1 aliphatic rings. The van der Waals surface area contributed by atoms with Gasteiger partial charge in [-0.3, -0.25) is 0 Å². The molecule has 0 atom stereocenters. The average molecular weight is 317 g/mol. The minimum Gasteiger partial charge on any atom is -0.367 e. The van der Waals surface area contributed by atoms with E-state index in [9.17, 15) is 0 Å². The first kappa shape index (κ1) is 13.2. The molecule has 1 heterocycles. The maximum atomic E-state index is 6.00. The highest BCUT2D eigenvalue weighted by atomic mass is 79.9. The van der Waals surface area contributed by atoms with Crippen LogP contribution in [0.15, 0.2) is 10.7 Å². The Morgan fingerprint density at radius 3 is 2.76 bits per heavy atom. The molecule has 3 nitrogen and oxygen atoms in total. The van der Waals surface area contributed by atoms with E-state index < -0.39 is 0 Å². The lowest BCUT2D eigenvalue weighted by Gasteiger charge is -2.35. The lowest BCUT2D eigenvalue weighted by Crippen LogP contribution is -2.34. The van der Waals surface area contributed by atoms with Crippen LogP contribution in [0.1, 0.15) is 44.9 Å². The molecule has 1 aromatic rings. The van der Waals surface area contributed by atoms with Crippen molar-refractivity contribution in [2.24, 2.45) is 0 Å². The highest BCUT2D eigenvalue weighted by molar-refractivity contribution is 9.10. The standard InChI is InChI=1S/C12H17BrN2OS/c1-2-16-12(6-4-3-5-7-12)11-14-8-9(13)10(17)15-11/h8H,2-7H2,1H3,(H,14,15,17). The van der Waals surface area contributed by atoms with Gasteiger partial charge in [-0.25, -0.2) is 4.98 Å². The van der Waals surface area contributed by atoms with Crippen LogP contribution >= 0.6 is 28.1 Å². The molecule has 1 fully saturated rings. The van der Waals surface area contributed by atoms with E-state index in [0.717, 1.165) is 23.1 Å². The minimum absolute atomic E-state index is 0.249. The van der Waals surface area contributed by atoms with Gasteiger partial charge in [0.05, 0.1) is 4.47 Å². The Hall–Kier alpha value is -0.260. The summed E-state index contributed by atoms with van der Waals surface area (Å²) in [6, 6.07) is 0. The van der Waals surface area contributed by atoms with Gasteiger partial charge < -0.3 is 9.72 Å². The number of hydrogen-bond donors (Lipinski definition) is 1. The molecule has 1 saturated carbocycles. The molecule has 94 valence electrons. The van der Waals surface area contributed by atoms with Crippen LogP contribution in [0.25, 0.3) is 0 Å². The van der Waals surface area contributed by atoms with E-state index in [1.54, 1.807) is 6.20 Å². The third-order valence-electron chi connectivity index (χ3n) is 3.27. The van der Waals surface area contributed by atoms with E-state index in [2.05, 4.69) is 25.9 Å². The number of halogens is 1. The Kier molecular flexibility index (Phi) is 4.33. The van der Waals surface area contributed by atoms with Gasteiger partial charge in [-0.1, -0.05) is 31.5 Å². The van der Waals surface area contributed by atoms with Crippen molar-refractivity contribution in [1.29, 1.82) is 0 Å². The quantitative estimate of drug-likeness (QED) is 0.853. The summed E-state index contributed by atoms with van der Waals surface area (Å²) in [5.41, 5.74) is -0.249. The molecular weight excluding hydrogens is 300 g/mol. The molecule has 0 aromatic carbocycles. The van der Waals surface area contributed by atoms with Crippen molar-refractivity contribution in [2.75, 3.05) is 6.61 Å². The molecule has 0 amide bonds. The van der Waals surface area contributed by atoms with E-state index in [-0.39, 0.29) is 5.60 Å². The van der Waals surface area contributed by atoms with Crippen molar-refractivity contribution < 1.29 is 4.74 Å². The van der Waals surface area contributed by atoms with E-state index in [1.165, 1.54) is 19.3 Å². The average Bonchev–Trinajstić information content (AvgIpc) is 2.34. The smallest absolute Gasteiger partial charge is 0.139 e. The van der Waals surface area contributed by atoms with E-state index in [1.807, 2.05) is 6.92 Å². The number of nitrogens with zero attached hydrogens (tertiary/aromatic N) is 1. The lowest BCUT2D eigenvalue weighted by atomic mass is 9.84. The first-order valence-corrected chi connectivity index (χ1v) is 7.27. The Morgan fingerprint density at radius 1 is 1.47 bits per heavy atom. The molecule has 1 aliphatic carbocycles. The topological polar surface area (TPSA) is 37.9 Å². The summed E-state index contributed by atoms with van der Waals surface area (Å²) in [4.78, 5) is 7.66. The van der Waals surface area contributed by atoms with Gasteiger partial charge in [0.2, 0.25) is 0 Å². The first-order valence-electron chi connectivity index (χ1n) is 6.07. The number of aromatic nitrogens is 2. The summed E-state index contributed by atoms with van der Waals surface area (Å²) < 4.78 is 7.52. The number of nitrogens with one attached hydrogen (secondary N) is 1. The molecule has 0 radical (unpaired) electrons. The third kappa shape index (κ3) is 2.77. The molecule has 1 N–H and O–H groups in total. The van der Waals surface area contributed by atoms with Gasteiger partial charge in [0.25, 0.3) is 0 Å². The molecule has 5 heteroatoms. The molecule has 0 saturated heterocycles. The molecule has 17 heavy (non-hydrogen) atoms. The van der Waals surface area contributed by atoms with Gasteiger partial charge in [0.1, 0.15) is 16.1 Å². The summed E-state index contributed by atoms with van der Waals surface area (Å²) >= 11 is 8.62. The zero-order valence-corrected chi connectivity index (χ0v) is 12.4. The zero-order valence-electron chi connectivity index (χ0n) is 9.96. The van der Waals surface area contributed by atoms with Crippen LogP contribution in [0.2, 0.25) is 0 Å². The van der Waals surface area contributed by atoms with Crippen LogP contribution in [-0.2, 0) is 10.3 Å². The van der Waals surface area contributed by atoms with E-state index in [0.29, 0.717) is 11.2 Å². The minimum atomic E-state index is -0.249. The van der Waals surface area contributed by atoms with Gasteiger partial charge in [0.15, 0.2) is 0 Å². The SMILES string of the molecule is CCOC1(c2ncc(Br)c(=S)[nH]2)CCCCC1. The number of rotatable bonds is 3. The Labute approximate surface area is 115 Å². The van der Waals surface area contributed by atoms with Crippen LogP contribution in [0, 0.1) is 4.64 Å². The maximum absolute atomic E-state index is 6.00. The van der Waals surface area contributed by atoms with Crippen molar-refractivity contribution in [1.82, 2.24) is 9.97 Å². The molecule has 0 spiro atoms. The second-order valence-corrected chi connectivity index (χ2v) is 5.66. The highest BCUT2D eigenvalue weighted by Crippen LogP contribution is 2.38. The van der Waals surface area contributed by atoms with Crippen molar-refractivity contribution in [2.45, 2.75) is 44.6 Å². The van der Waals surface area contributed by atoms with Gasteiger partial charge in [-0.2, -0.15) is 0 Å². The van der Waals surface area contributed by atoms with Crippen molar-refractivity contribution >= 4 is 28.1 Å². The first-order chi connectivity index (χ1) is 8.18. The monoisotopic (exact) mass is 316 g/mol. The maximum Gasteiger partial charge on any atom is 0.139 e. The van der Waals surface area contributed by atoms with Gasteiger partial charge in [-0.15, -0.1) is 0 Å². The Morgan fingerprint density at radius 2 is 2.18 bits per heavy atom. The fourth-order valence-electron chi connectivity index (χ4n) is 2.46. The van der Waals surface area contributed by atoms with Gasteiger partial charge in [-0.05, 0) is 35.7 Å². The van der Waals surface area contributed by atoms with Gasteiger partial charge >= 0.3 is 0 Å². The lowest BCUT2D eigenvalue weighted by molar-refractivity contribution is -0.0767. The van der Waals surface area contributed by atoms with Crippen LogP contribution in [0.3, 0.4) is 0 Å². The second kappa shape index (κ2) is 5.59. The predicted octanol–water partition coefficient (Wildman–Crippen LogP) is 4.10. The summed E-state index contributed by atoms with van der Waals surface area (Å²) in [5, 5.41) is 0. The van der Waals surface area contributed by atoms with E-state index in [4.69, 9.17) is 17.0 Å². The van der Waals surface area contributed by atoms with E-state index >= 15 is 0 Å². The van der Waals surface area contributed by atoms with Crippen LogP contribution < -0.4 is 0 Å². The number of aromatic amines is 1. The molecule has 2 rings (SSSR count). The number of hydrogen-bond acceptors (Lipinski definition) is 3. The molecule has 1 aromatic heterocycles. The van der Waals surface area contributed by atoms with Crippen molar-refractivity contribution in [3.05, 3.63) is 21.1 Å². The normalized spacial score (nSPS) is 19.2. The highest BCUT2D eigenvalue weighted by Gasteiger charge is 2.36. The fourth-order valence-corrected chi connectivity index (χ4v) is 2.81. The molecule has 0 bridgehead atoms. The molecule has 0 aliphatic heterocycles. The Bertz CT molecular complexity index is 435. The zero-order chi connectivity index (χ0) is 12.3. The Balaban J connectivity index is 2.37. The van der Waals surface area contributed by atoms with Crippen LogP contribution in [-0.4, -0.2) is 16.6 Å². The fraction of sp³-hybridized carbons (Fsp3) is 0.667. The molecular formula is C12H17BrN2OS. The predicted molar refractivity (Wildman–Crippen MR) is 73.5 cm³/mol. The van der Waals surface area contributed by atoms with Gasteiger partial charge in [0, 0.05) is 12.8 Å². The second-order valence-electron chi connectivity index (χ2n) is 4.40. The third-order valence-corrected chi connectivity index (χ3v) is 4.45. The largest absolute Gasteiger partial charge is 0.367 e. The summed E-state index contributed by atoms with van der Waals surface area (Å²) in [6.07, 6.45) is 7.49.